The summed E-state index contributed by atoms with van der Waals surface area (Å²) in [4.78, 5) is 25.9. The van der Waals surface area contributed by atoms with Crippen molar-refractivity contribution in [3.8, 4) is 11.3 Å². The molecule has 8 nitrogen and oxygen atoms in total. The Balaban J connectivity index is 1.68. The van der Waals surface area contributed by atoms with Crippen LogP contribution in [0.3, 0.4) is 0 Å². The van der Waals surface area contributed by atoms with Gasteiger partial charge < -0.3 is 14.7 Å². The zero-order valence-corrected chi connectivity index (χ0v) is 14.7. The first-order chi connectivity index (χ1) is 12.5. The molecule has 26 heavy (non-hydrogen) atoms. The van der Waals surface area contributed by atoms with Crippen LogP contribution < -0.4 is 0 Å². The number of likely N-dealkylation sites (tertiary alicyclic amines) is 1. The van der Waals surface area contributed by atoms with Crippen molar-refractivity contribution in [2.45, 2.75) is 19.4 Å². The van der Waals surface area contributed by atoms with E-state index >= 15 is 0 Å². The summed E-state index contributed by atoms with van der Waals surface area (Å²) >= 11 is 0. The molecule has 0 saturated carbocycles. The smallest absolute Gasteiger partial charge is 0.313 e. The fraction of sp³-hybridized carbons (Fsp3) is 0.444. The number of hydrogen-bond acceptors (Lipinski definition) is 5. The molecule has 1 aromatic heterocycles. The number of aliphatic carboxylic acids is 1. The lowest BCUT2D eigenvalue weighted by Crippen LogP contribution is -2.52. The maximum absolute atomic E-state index is 12.6. The van der Waals surface area contributed by atoms with Crippen LogP contribution in [0.15, 0.2) is 36.5 Å². The topological polar surface area (TPSA) is 97.6 Å². The second-order valence-corrected chi connectivity index (χ2v) is 6.60. The Kier molecular flexibility index (Phi) is 5.32. The molecule has 1 amide bonds. The van der Waals surface area contributed by atoms with Crippen molar-refractivity contribution in [2.24, 2.45) is 5.41 Å². The molecule has 8 heteroatoms. The number of carbonyl (C=O) groups excluding carboxylic acids is 1. The highest BCUT2D eigenvalue weighted by atomic mass is 16.5. The molecule has 1 aliphatic rings. The summed E-state index contributed by atoms with van der Waals surface area (Å²) in [5.41, 5.74) is 0.575. The zero-order valence-electron chi connectivity index (χ0n) is 14.7. The fourth-order valence-corrected chi connectivity index (χ4v) is 3.33. The summed E-state index contributed by atoms with van der Waals surface area (Å²) in [6.07, 6.45) is 2.85. The number of carbonyl (C=O) groups is 2. The highest BCUT2D eigenvalue weighted by Crippen LogP contribution is 2.31. The van der Waals surface area contributed by atoms with E-state index in [0.29, 0.717) is 25.1 Å². The van der Waals surface area contributed by atoms with Gasteiger partial charge in [-0.15, -0.1) is 5.10 Å². The molecule has 1 fully saturated rings. The third-order valence-electron chi connectivity index (χ3n) is 4.71. The molecule has 1 unspecified atom stereocenters. The molecule has 1 aromatic carbocycles. The molecule has 0 bridgehead atoms. The number of benzene rings is 1. The maximum Gasteiger partial charge on any atom is 0.313 e. The molecule has 1 atom stereocenters. The van der Waals surface area contributed by atoms with Gasteiger partial charge in [0.15, 0.2) is 0 Å². The third-order valence-corrected chi connectivity index (χ3v) is 4.71. The molecule has 3 rings (SSSR count). The van der Waals surface area contributed by atoms with Crippen molar-refractivity contribution >= 4 is 11.9 Å². The number of hydrogen-bond donors (Lipinski definition) is 1. The van der Waals surface area contributed by atoms with Crippen LogP contribution in [0.5, 0.6) is 0 Å². The number of methoxy groups -OCH3 is 1. The zero-order chi connectivity index (χ0) is 18.6. The molecule has 1 N–H and O–H groups in total. The lowest BCUT2D eigenvalue weighted by molar-refractivity contribution is -0.159. The van der Waals surface area contributed by atoms with E-state index in [9.17, 15) is 14.7 Å². The van der Waals surface area contributed by atoms with Crippen LogP contribution in [0.4, 0.5) is 0 Å². The lowest BCUT2D eigenvalue weighted by Gasteiger charge is -2.39. The van der Waals surface area contributed by atoms with Crippen molar-refractivity contribution in [1.29, 1.82) is 0 Å². The van der Waals surface area contributed by atoms with Gasteiger partial charge in [-0.1, -0.05) is 35.5 Å². The summed E-state index contributed by atoms with van der Waals surface area (Å²) < 4.78 is 6.58. The average molecular weight is 358 g/mol. The van der Waals surface area contributed by atoms with Gasteiger partial charge in [-0.05, 0) is 12.8 Å². The van der Waals surface area contributed by atoms with E-state index in [2.05, 4.69) is 10.3 Å². The largest absolute Gasteiger partial charge is 0.481 e. The minimum absolute atomic E-state index is 0.0303. The van der Waals surface area contributed by atoms with Gasteiger partial charge in [-0.3, -0.25) is 9.59 Å². The second-order valence-electron chi connectivity index (χ2n) is 6.60. The standard InChI is InChI=1S/C18H22N4O4/c1-26-13-18(17(24)25)8-5-9-21(12-18)16(23)11-22-10-15(19-20-22)14-6-3-2-4-7-14/h2-4,6-7,10H,5,8-9,11-13H2,1H3,(H,24,25). The van der Waals surface area contributed by atoms with Gasteiger partial charge >= 0.3 is 5.97 Å². The van der Waals surface area contributed by atoms with Crippen LogP contribution in [0.2, 0.25) is 0 Å². The highest BCUT2D eigenvalue weighted by Gasteiger charge is 2.43. The predicted molar refractivity (Wildman–Crippen MR) is 93.2 cm³/mol. The molecule has 0 radical (unpaired) electrons. The van der Waals surface area contributed by atoms with E-state index < -0.39 is 11.4 Å². The highest BCUT2D eigenvalue weighted by molar-refractivity contribution is 5.79. The van der Waals surface area contributed by atoms with Crippen LogP contribution in [-0.2, 0) is 20.9 Å². The molecule has 2 heterocycles. The summed E-state index contributed by atoms with van der Waals surface area (Å²) in [7, 11) is 1.48. The Bertz CT molecular complexity index is 773. The van der Waals surface area contributed by atoms with E-state index in [1.54, 1.807) is 11.1 Å². The second kappa shape index (κ2) is 7.65. The van der Waals surface area contributed by atoms with E-state index in [1.165, 1.54) is 11.8 Å². The minimum Gasteiger partial charge on any atom is -0.481 e. The SMILES string of the molecule is COCC1(C(=O)O)CCCN(C(=O)Cn2cc(-c3ccccc3)nn2)C1. The van der Waals surface area contributed by atoms with E-state index in [0.717, 1.165) is 5.56 Å². The molecule has 1 saturated heterocycles. The molecule has 2 aromatic rings. The molecule has 1 aliphatic heterocycles. The van der Waals surface area contributed by atoms with Gasteiger partial charge in [-0.25, -0.2) is 4.68 Å². The number of aromatic nitrogens is 3. The maximum atomic E-state index is 12.6. The normalized spacial score (nSPS) is 20.1. The van der Waals surface area contributed by atoms with Crippen LogP contribution in [-0.4, -0.2) is 63.7 Å². The van der Waals surface area contributed by atoms with Gasteiger partial charge in [0.05, 0.1) is 12.8 Å². The quantitative estimate of drug-likeness (QED) is 0.835. The van der Waals surface area contributed by atoms with Crippen molar-refractivity contribution < 1.29 is 19.4 Å². The van der Waals surface area contributed by atoms with Crippen molar-refractivity contribution in [3.63, 3.8) is 0 Å². The Hall–Kier alpha value is -2.74. The minimum atomic E-state index is -1.04. The molecular formula is C18H22N4O4. The number of ether oxygens (including phenoxy) is 1. The number of rotatable bonds is 6. The number of carboxylic acids is 1. The monoisotopic (exact) mass is 358 g/mol. The Labute approximate surface area is 151 Å². The summed E-state index contributed by atoms with van der Waals surface area (Å²) in [5, 5.41) is 17.7. The summed E-state index contributed by atoms with van der Waals surface area (Å²) in [5.74, 6) is -1.10. The fourth-order valence-electron chi connectivity index (χ4n) is 3.33. The molecule has 0 spiro atoms. The van der Waals surface area contributed by atoms with Crippen molar-refractivity contribution in [3.05, 3.63) is 36.5 Å². The number of amides is 1. The van der Waals surface area contributed by atoms with Crippen LogP contribution >= 0.6 is 0 Å². The van der Waals surface area contributed by atoms with Crippen LogP contribution in [0.25, 0.3) is 11.3 Å². The third kappa shape index (κ3) is 3.75. The van der Waals surface area contributed by atoms with Crippen molar-refractivity contribution in [2.75, 3.05) is 26.8 Å². The van der Waals surface area contributed by atoms with Crippen LogP contribution in [0.1, 0.15) is 12.8 Å². The molecule has 0 aliphatic carbocycles. The van der Waals surface area contributed by atoms with Gasteiger partial charge in [0.25, 0.3) is 0 Å². The van der Waals surface area contributed by atoms with E-state index in [4.69, 9.17) is 4.74 Å². The first-order valence-corrected chi connectivity index (χ1v) is 8.50. The van der Waals surface area contributed by atoms with Gasteiger partial charge in [0, 0.05) is 25.8 Å². The van der Waals surface area contributed by atoms with E-state index in [1.807, 2.05) is 30.3 Å². The van der Waals surface area contributed by atoms with Crippen LogP contribution in [0, 0.1) is 5.41 Å². The lowest BCUT2D eigenvalue weighted by atomic mass is 9.80. The molecular weight excluding hydrogens is 336 g/mol. The number of nitrogens with zero attached hydrogens (tertiary/aromatic N) is 4. The first kappa shape index (κ1) is 18.1. The summed E-state index contributed by atoms with van der Waals surface area (Å²) in [6.45, 7) is 0.809. The Morgan fingerprint density at radius 3 is 2.77 bits per heavy atom. The first-order valence-electron chi connectivity index (χ1n) is 8.50. The summed E-state index contributed by atoms with van der Waals surface area (Å²) in [6, 6.07) is 9.59. The predicted octanol–water partition coefficient (Wildman–Crippen LogP) is 1.28. The average Bonchev–Trinajstić information content (AvgIpc) is 3.11. The van der Waals surface area contributed by atoms with Gasteiger partial charge in [-0.2, -0.15) is 0 Å². The van der Waals surface area contributed by atoms with E-state index in [-0.39, 0.29) is 25.6 Å². The number of carboxylic acid groups (broad SMARTS) is 1. The number of piperidine rings is 1. The Morgan fingerprint density at radius 2 is 2.08 bits per heavy atom. The molecule has 138 valence electrons. The Morgan fingerprint density at radius 1 is 1.31 bits per heavy atom. The van der Waals surface area contributed by atoms with Gasteiger partial charge in [0.1, 0.15) is 17.7 Å². The van der Waals surface area contributed by atoms with Gasteiger partial charge in [0.2, 0.25) is 5.91 Å². The van der Waals surface area contributed by atoms with Crippen molar-refractivity contribution in [1.82, 2.24) is 19.9 Å².